The number of nitrogens with zero attached hydrogens (tertiary/aromatic N) is 1. The average Bonchev–Trinajstić information content (AvgIpc) is 2.46. The summed E-state index contributed by atoms with van der Waals surface area (Å²) in [6.07, 6.45) is 0.677. The van der Waals surface area contributed by atoms with Crippen LogP contribution < -0.4 is 4.74 Å². The quantitative estimate of drug-likeness (QED) is 0.810. The Morgan fingerprint density at radius 1 is 1.15 bits per heavy atom. The molecule has 0 aliphatic carbocycles. The van der Waals surface area contributed by atoms with E-state index in [1.54, 1.807) is 0 Å². The summed E-state index contributed by atoms with van der Waals surface area (Å²) in [6.45, 7) is 4.66. The van der Waals surface area contributed by atoms with Crippen LogP contribution >= 0.6 is 0 Å². The van der Waals surface area contributed by atoms with Crippen molar-refractivity contribution in [1.82, 2.24) is 0 Å². The van der Waals surface area contributed by atoms with Gasteiger partial charge in [-0.15, -0.1) is 0 Å². The highest BCUT2D eigenvalue weighted by atomic mass is 16.5. The first-order valence-electron chi connectivity index (χ1n) is 6.91. The van der Waals surface area contributed by atoms with E-state index in [1.165, 1.54) is 5.56 Å². The third-order valence-corrected chi connectivity index (χ3v) is 3.30. The van der Waals surface area contributed by atoms with Crippen LogP contribution in [0.3, 0.4) is 0 Å². The fourth-order valence-electron chi connectivity index (χ4n) is 2.31. The first-order chi connectivity index (χ1) is 9.74. The standard InChI is InChI=1S/C18H19NO/c1-3-20-18-10-5-4-8-16(18)12-17(13-19)15-9-6-7-14(2)11-15/h4-11,17H,3,12H2,1-2H3. The molecule has 0 saturated carbocycles. The maximum atomic E-state index is 9.46. The van der Waals surface area contributed by atoms with Crippen LogP contribution in [0.5, 0.6) is 5.75 Å². The smallest absolute Gasteiger partial charge is 0.122 e. The number of para-hydroxylation sites is 1. The molecule has 1 unspecified atom stereocenters. The van der Waals surface area contributed by atoms with Crippen molar-refractivity contribution in [2.45, 2.75) is 26.2 Å². The molecule has 0 heterocycles. The first-order valence-corrected chi connectivity index (χ1v) is 6.91. The highest BCUT2D eigenvalue weighted by Crippen LogP contribution is 2.26. The summed E-state index contributed by atoms with van der Waals surface area (Å²) in [4.78, 5) is 0. The molecule has 102 valence electrons. The molecule has 2 nitrogen and oxygen atoms in total. The topological polar surface area (TPSA) is 33.0 Å². The molecule has 0 radical (unpaired) electrons. The van der Waals surface area contributed by atoms with E-state index in [0.717, 1.165) is 16.9 Å². The molecular weight excluding hydrogens is 246 g/mol. The van der Waals surface area contributed by atoms with Crippen LogP contribution in [-0.2, 0) is 6.42 Å². The molecule has 1 atom stereocenters. The zero-order valence-electron chi connectivity index (χ0n) is 12.0. The summed E-state index contributed by atoms with van der Waals surface area (Å²) < 4.78 is 5.63. The molecule has 0 fully saturated rings. The molecule has 2 aromatic rings. The molecule has 0 N–H and O–H groups in total. The van der Waals surface area contributed by atoms with Crippen molar-refractivity contribution >= 4 is 0 Å². The molecule has 20 heavy (non-hydrogen) atoms. The summed E-state index contributed by atoms with van der Waals surface area (Å²) >= 11 is 0. The Kier molecular flexibility index (Phi) is 4.79. The van der Waals surface area contributed by atoms with Gasteiger partial charge >= 0.3 is 0 Å². The van der Waals surface area contributed by atoms with Crippen molar-refractivity contribution in [2.24, 2.45) is 0 Å². The monoisotopic (exact) mass is 265 g/mol. The maximum Gasteiger partial charge on any atom is 0.122 e. The van der Waals surface area contributed by atoms with Gasteiger partial charge in [-0.05, 0) is 37.5 Å². The zero-order valence-corrected chi connectivity index (χ0v) is 12.0. The van der Waals surface area contributed by atoms with E-state index in [0.29, 0.717) is 13.0 Å². The van der Waals surface area contributed by atoms with Gasteiger partial charge in [-0.1, -0.05) is 48.0 Å². The van der Waals surface area contributed by atoms with Crippen LogP contribution in [-0.4, -0.2) is 6.61 Å². The van der Waals surface area contributed by atoms with Gasteiger partial charge in [-0.2, -0.15) is 5.26 Å². The number of nitriles is 1. The lowest BCUT2D eigenvalue weighted by molar-refractivity contribution is 0.336. The van der Waals surface area contributed by atoms with Crippen molar-refractivity contribution in [3.05, 3.63) is 65.2 Å². The summed E-state index contributed by atoms with van der Waals surface area (Å²) in [5.41, 5.74) is 3.34. The Morgan fingerprint density at radius 2 is 1.95 bits per heavy atom. The molecule has 0 saturated heterocycles. The average molecular weight is 265 g/mol. The third kappa shape index (κ3) is 3.39. The molecule has 0 aromatic heterocycles. The van der Waals surface area contributed by atoms with Crippen molar-refractivity contribution < 1.29 is 4.74 Å². The summed E-state index contributed by atoms with van der Waals surface area (Å²) in [5, 5.41) is 9.46. The Morgan fingerprint density at radius 3 is 2.65 bits per heavy atom. The number of hydrogen-bond donors (Lipinski definition) is 0. The largest absolute Gasteiger partial charge is 0.494 e. The number of hydrogen-bond acceptors (Lipinski definition) is 2. The van der Waals surface area contributed by atoms with Gasteiger partial charge < -0.3 is 4.74 Å². The molecule has 0 spiro atoms. The van der Waals surface area contributed by atoms with Gasteiger partial charge in [-0.25, -0.2) is 0 Å². The van der Waals surface area contributed by atoms with Crippen molar-refractivity contribution in [2.75, 3.05) is 6.61 Å². The summed E-state index contributed by atoms with van der Waals surface area (Å²) in [6, 6.07) is 18.5. The van der Waals surface area contributed by atoms with Crippen molar-refractivity contribution in [1.29, 1.82) is 5.26 Å². The van der Waals surface area contributed by atoms with E-state index in [9.17, 15) is 5.26 Å². The van der Waals surface area contributed by atoms with E-state index in [-0.39, 0.29) is 5.92 Å². The highest BCUT2D eigenvalue weighted by molar-refractivity contribution is 5.38. The van der Waals surface area contributed by atoms with E-state index < -0.39 is 0 Å². The summed E-state index contributed by atoms with van der Waals surface area (Å²) in [5.74, 6) is 0.736. The molecule has 0 bridgehead atoms. The van der Waals surface area contributed by atoms with Gasteiger partial charge in [0.25, 0.3) is 0 Å². The fraction of sp³-hybridized carbons (Fsp3) is 0.278. The molecule has 0 aliphatic heterocycles. The van der Waals surface area contributed by atoms with Gasteiger partial charge in [0.1, 0.15) is 5.75 Å². The van der Waals surface area contributed by atoms with Gasteiger partial charge in [0.15, 0.2) is 0 Å². The molecule has 0 aliphatic rings. The lowest BCUT2D eigenvalue weighted by Gasteiger charge is -2.14. The molecule has 2 rings (SSSR count). The summed E-state index contributed by atoms with van der Waals surface area (Å²) in [7, 11) is 0. The Balaban J connectivity index is 2.25. The van der Waals surface area contributed by atoms with Crippen LogP contribution in [0.4, 0.5) is 0 Å². The SMILES string of the molecule is CCOc1ccccc1CC(C#N)c1cccc(C)c1. The number of rotatable bonds is 5. The zero-order chi connectivity index (χ0) is 14.4. The second-order valence-electron chi connectivity index (χ2n) is 4.84. The lowest BCUT2D eigenvalue weighted by Crippen LogP contribution is -2.03. The molecule has 0 amide bonds. The van der Waals surface area contributed by atoms with E-state index in [2.05, 4.69) is 12.1 Å². The molecule has 2 heteroatoms. The van der Waals surface area contributed by atoms with Gasteiger partial charge in [0.2, 0.25) is 0 Å². The highest BCUT2D eigenvalue weighted by Gasteiger charge is 2.14. The third-order valence-electron chi connectivity index (χ3n) is 3.30. The maximum absolute atomic E-state index is 9.46. The van der Waals surface area contributed by atoms with E-state index >= 15 is 0 Å². The van der Waals surface area contributed by atoms with Crippen LogP contribution in [0.15, 0.2) is 48.5 Å². The Hall–Kier alpha value is -2.27. The van der Waals surface area contributed by atoms with Crippen LogP contribution in [0.1, 0.15) is 29.5 Å². The predicted molar refractivity (Wildman–Crippen MR) is 80.8 cm³/mol. The molecule has 2 aromatic carbocycles. The van der Waals surface area contributed by atoms with E-state index in [4.69, 9.17) is 4.74 Å². The minimum Gasteiger partial charge on any atom is -0.494 e. The van der Waals surface area contributed by atoms with Crippen LogP contribution in [0, 0.1) is 18.3 Å². The second-order valence-corrected chi connectivity index (χ2v) is 4.84. The van der Waals surface area contributed by atoms with Crippen molar-refractivity contribution in [3.63, 3.8) is 0 Å². The van der Waals surface area contributed by atoms with Gasteiger partial charge in [0.05, 0.1) is 18.6 Å². The Bertz CT molecular complexity index is 613. The van der Waals surface area contributed by atoms with Gasteiger partial charge in [-0.3, -0.25) is 0 Å². The van der Waals surface area contributed by atoms with Crippen molar-refractivity contribution in [3.8, 4) is 11.8 Å². The minimum absolute atomic E-state index is 0.142. The lowest BCUT2D eigenvalue weighted by atomic mass is 9.92. The van der Waals surface area contributed by atoms with Crippen LogP contribution in [0.2, 0.25) is 0 Å². The Labute approximate surface area is 120 Å². The predicted octanol–water partition coefficient (Wildman–Crippen LogP) is 4.24. The molecular formula is C18H19NO. The number of ether oxygens (including phenoxy) is 1. The number of benzene rings is 2. The minimum atomic E-state index is -0.142. The van der Waals surface area contributed by atoms with E-state index in [1.807, 2.05) is 56.3 Å². The van der Waals surface area contributed by atoms with Gasteiger partial charge in [0, 0.05) is 0 Å². The fourth-order valence-corrected chi connectivity index (χ4v) is 2.31. The normalized spacial score (nSPS) is 11.7. The number of aryl methyl sites for hydroxylation is 1. The first kappa shape index (κ1) is 14.1. The second kappa shape index (κ2) is 6.77. The van der Waals surface area contributed by atoms with Crippen LogP contribution in [0.25, 0.3) is 0 Å².